The summed E-state index contributed by atoms with van der Waals surface area (Å²) in [4.78, 5) is 2.35. The van der Waals surface area contributed by atoms with Crippen molar-refractivity contribution in [3.05, 3.63) is 60.7 Å². The van der Waals surface area contributed by atoms with Crippen LogP contribution in [0.15, 0.2) is 70.5 Å². The molecule has 4 aromatic rings. The molecule has 3 aromatic carbocycles. The number of rotatable bonds is 0. The average molecular weight is 303 g/mol. The van der Waals surface area contributed by atoms with E-state index in [4.69, 9.17) is 4.74 Å². The highest BCUT2D eigenvalue weighted by atomic mass is 32.2. The number of para-hydroxylation sites is 2. The smallest absolute Gasteiger partial charge is 0.165 e. The minimum atomic E-state index is 0.942. The van der Waals surface area contributed by atoms with Gasteiger partial charge >= 0.3 is 0 Å². The minimum absolute atomic E-state index is 0.942. The summed E-state index contributed by atoms with van der Waals surface area (Å²) in [5.41, 5.74) is 2.40. The Hall–Kier alpha value is -2.39. The molecule has 0 bridgehead atoms. The first kappa shape index (κ1) is 12.2. The third-order valence-electron chi connectivity index (χ3n) is 4.27. The van der Waals surface area contributed by atoms with Crippen LogP contribution in [0, 0.1) is 0 Å². The molecule has 0 N–H and O–H groups in total. The molecule has 2 heterocycles. The number of aromatic nitrogens is 1. The molecule has 106 valence electrons. The van der Waals surface area contributed by atoms with Crippen LogP contribution >= 0.6 is 11.8 Å². The first-order valence-corrected chi connectivity index (χ1v) is 8.09. The number of hydrogen-bond acceptors (Lipinski definition) is 2. The van der Waals surface area contributed by atoms with E-state index in [1.54, 1.807) is 11.8 Å². The Kier molecular flexibility index (Phi) is 2.38. The van der Waals surface area contributed by atoms with Crippen LogP contribution in [0.1, 0.15) is 0 Å². The van der Waals surface area contributed by atoms with E-state index in [0.29, 0.717) is 0 Å². The predicted octanol–water partition coefficient (Wildman–Crippen LogP) is 5.59. The molecule has 1 aliphatic heterocycles. The van der Waals surface area contributed by atoms with Gasteiger partial charge in [-0.15, -0.1) is 0 Å². The summed E-state index contributed by atoms with van der Waals surface area (Å²) in [6.07, 6.45) is 0. The van der Waals surface area contributed by atoms with Gasteiger partial charge in [-0.2, -0.15) is 0 Å². The third-order valence-corrected chi connectivity index (χ3v) is 5.37. The highest BCUT2D eigenvalue weighted by molar-refractivity contribution is 7.99. The highest BCUT2D eigenvalue weighted by Crippen LogP contribution is 2.50. The van der Waals surface area contributed by atoms with Crippen molar-refractivity contribution in [2.75, 3.05) is 0 Å². The number of hydrogen-bond donors (Lipinski definition) is 0. The lowest BCUT2D eigenvalue weighted by atomic mass is 10.1. The van der Waals surface area contributed by atoms with Gasteiger partial charge in [0.05, 0.1) is 15.3 Å². The summed E-state index contributed by atoms with van der Waals surface area (Å²) in [5.74, 6) is 1.91. The van der Waals surface area contributed by atoms with Crippen molar-refractivity contribution in [2.45, 2.75) is 9.79 Å². The Labute approximate surface area is 132 Å². The van der Waals surface area contributed by atoms with Gasteiger partial charge in [0, 0.05) is 23.3 Å². The Morgan fingerprint density at radius 3 is 2.59 bits per heavy atom. The van der Waals surface area contributed by atoms with Crippen LogP contribution < -0.4 is 4.74 Å². The normalized spacial score (nSPS) is 13.0. The largest absolute Gasteiger partial charge is 0.453 e. The number of benzene rings is 3. The molecule has 0 unspecified atom stereocenters. The third kappa shape index (κ3) is 1.52. The van der Waals surface area contributed by atoms with Crippen LogP contribution in [-0.2, 0) is 7.05 Å². The summed E-state index contributed by atoms with van der Waals surface area (Å²) in [5, 5.41) is 2.52. The van der Waals surface area contributed by atoms with Crippen molar-refractivity contribution in [3.63, 3.8) is 0 Å². The molecule has 1 aromatic heterocycles. The molecule has 0 saturated heterocycles. The Morgan fingerprint density at radius 2 is 1.64 bits per heavy atom. The number of fused-ring (bicyclic) bond motifs is 6. The minimum Gasteiger partial charge on any atom is -0.453 e. The molecule has 2 nitrogen and oxygen atoms in total. The topological polar surface area (TPSA) is 14.2 Å². The van der Waals surface area contributed by atoms with E-state index in [1.165, 1.54) is 31.6 Å². The van der Waals surface area contributed by atoms with Gasteiger partial charge in [0.25, 0.3) is 0 Å². The quantitative estimate of drug-likeness (QED) is 0.370. The van der Waals surface area contributed by atoms with E-state index in [1.807, 2.05) is 12.1 Å². The van der Waals surface area contributed by atoms with Crippen LogP contribution in [0.2, 0.25) is 0 Å². The van der Waals surface area contributed by atoms with E-state index in [2.05, 4.69) is 60.1 Å². The molecule has 0 saturated carbocycles. The van der Waals surface area contributed by atoms with Crippen molar-refractivity contribution in [3.8, 4) is 11.5 Å². The van der Waals surface area contributed by atoms with Gasteiger partial charge in [0.1, 0.15) is 5.75 Å². The van der Waals surface area contributed by atoms with Crippen molar-refractivity contribution in [1.82, 2.24) is 4.57 Å². The fourth-order valence-corrected chi connectivity index (χ4v) is 4.20. The van der Waals surface area contributed by atoms with Crippen LogP contribution in [0.5, 0.6) is 11.5 Å². The SMILES string of the molecule is Cn1c2ccccc2c2ccc3c(c21)Oc1ccccc1S3. The van der Waals surface area contributed by atoms with Gasteiger partial charge in [0.15, 0.2) is 5.75 Å². The Bertz CT molecular complexity index is 1050. The maximum Gasteiger partial charge on any atom is 0.165 e. The second-order valence-electron chi connectivity index (χ2n) is 5.52. The second-order valence-corrected chi connectivity index (χ2v) is 6.60. The molecule has 0 amide bonds. The lowest BCUT2D eigenvalue weighted by Gasteiger charge is -2.20. The van der Waals surface area contributed by atoms with Gasteiger partial charge in [-0.3, -0.25) is 0 Å². The van der Waals surface area contributed by atoms with E-state index < -0.39 is 0 Å². The Morgan fingerprint density at radius 1 is 0.818 bits per heavy atom. The molecule has 1 aliphatic rings. The predicted molar refractivity (Wildman–Crippen MR) is 91.1 cm³/mol. The molecular formula is C19H13NOS. The second kappa shape index (κ2) is 4.31. The summed E-state index contributed by atoms with van der Waals surface area (Å²) < 4.78 is 8.49. The first-order valence-electron chi connectivity index (χ1n) is 7.28. The van der Waals surface area contributed by atoms with Gasteiger partial charge in [-0.05, 0) is 24.3 Å². The van der Waals surface area contributed by atoms with Gasteiger partial charge in [-0.1, -0.05) is 48.2 Å². The van der Waals surface area contributed by atoms with Gasteiger partial charge < -0.3 is 9.30 Å². The molecule has 22 heavy (non-hydrogen) atoms. The molecule has 3 heteroatoms. The summed E-state index contributed by atoms with van der Waals surface area (Å²) in [6, 6.07) is 21.1. The zero-order valence-electron chi connectivity index (χ0n) is 12.0. The molecule has 0 atom stereocenters. The van der Waals surface area contributed by atoms with E-state index >= 15 is 0 Å². The van der Waals surface area contributed by atoms with Crippen molar-refractivity contribution in [2.24, 2.45) is 7.05 Å². The first-order chi connectivity index (χ1) is 10.8. The lowest BCUT2D eigenvalue weighted by molar-refractivity contribution is 0.458. The van der Waals surface area contributed by atoms with Crippen LogP contribution in [0.25, 0.3) is 21.8 Å². The number of nitrogens with zero attached hydrogens (tertiary/aromatic N) is 1. The highest BCUT2D eigenvalue weighted by Gasteiger charge is 2.22. The summed E-state index contributed by atoms with van der Waals surface area (Å²) >= 11 is 1.78. The van der Waals surface area contributed by atoms with Gasteiger partial charge in [-0.25, -0.2) is 0 Å². The van der Waals surface area contributed by atoms with Crippen LogP contribution in [0.4, 0.5) is 0 Å². The lowest BCUT2D eigenvalue weighted by Crippen LogP contribution is -1.98. The van der Waals surface area contributed by atoms with Crippen LogP contribution in [-0.4, -0.2) is 4.57 Å². The number of ether oxygens (including phenoxy) is 1. The van der Waals surface area contributed by atoms with Crippen molar-refractivity contribution in [1.29, 1.82) is 0 Å². The van der Waals surface area contributed by atoms with E-state index in [0.717, 1.165) is 11.5 Å². The monoisotopic (exact) mass is 303 g/mol. The molecule has 0 fully saturated rings. The van der Waals surface area contributed by atoms with Crippen molar-refractivity contribution >= 4 is 33.6 Å². The van der Waals surface area contributed by atoms with Gasteiger partial charge in [0.2, 0.25) is 0 Å². The molecule has 0 radical (unpaired) electrons. The zero-order chi connectivity index (χ0) is 14.7. The molecule has 0 aliphatic carbocycles. The molecule has 5 rings (SSSR count). The maximum atomic E-state index is 6.26. The summed E-state index contributed by atoms with van der Waals surface area (Å²) in [7, 11) is 2.11. The number of aryl methyl sites for hydroxylation is 1. The molecular weight excluding hydrogens is 290 g/mol. The van der Waals surface area contributed by atoms with Crippen molar-refractivity contribution < 1.29 is 4.74 Å². The average Bonchev–Trinajstić information content (AvgIpc) is 2.87. The Balaban J connectivity index is 1.87. The standard InChI is InChI=1S/C19H13NOS/c1-20-14-7-3-2-6-12(14)13-10-11-17-19(18(13)20)21-15-8-4-5-9-16(15)22-17/h2-11H,1H3. The van der Waals surface area contributed by atoms with E-state index in [9.17, 15) is 0 Å². The molecule has 0 spiro atoms. The van der Waals surface area contributed by atoms with Crippen LogP contribution in [0.3, 0.4) is 0 Å². The van der Waals surface area contributed by atoms with E-state index in [-0.39, 0.29) is 0 Å². The maximum absolute atomic E-state index is 6.26. The summed E-state index contributed by atoms with van der Waals surface area (Å²) in [6.45, 7) is 0. The fourth-order valence-electron chi connectivity index (χ4n) is 3.24. The zero-order valence-corrected chi connectivity index (χ0v) is 12.9. The fraction of sp³-hybridized carbons (Fsp3) is 0.0526.